The van der Waals surface area contributed by atoms with Crippen LogP contribution in [-0.2, 0) is 9.59 Å². The molecule has 5 N–H and O–H groups in total. The number of carbonyl (C=O) groups is 2. The Morgan fingerprint density at radius 1 is 1.36 bits per heavy atom. The van der Waals surface area contributed by atoms with Crippen LogP contribution in [0.4, 0.5) is 0 Å². The van der Waals surface area contributed by atoms with Crippen LogP contribution in [0.3, 0.4) is 0 Å². The van der Waals surface area contributed by atoms with Crippen LogP contribution in [0.2, 0.25) is 0 Å². The van der Waals surface area contributed by atoms with Gasteiger partial charge in [0.25, 0.3) is 0 Å². The fourth-order valence-electron chi connectivity index (χ4n) is 1.71. The van der Waals surface area contributed by atoms with Crippen molar-refractivity contribution in [1.82, 2.24) is 5.32 Å². The topological polar surface area (TPSA) is 98.2 Å². The first-order chi connectivity index (χ1) is 6.59. The Kier molecular flexibility index (Phi) is 3.88. The maximum absolute atomic E-state index is 11.5. The van der Waals surface area contributed by atoms with Crippen molar-refractivity contribution in [1.29, 1.82) is 0 Å². The summed E-state index contributed by atoms with van der Waals surface area (Å²) in [6.45, 7) is 0.333. The maximum atomic E-state index is 11.5. The number of nitrogens with two attached hydrogens (primary N) is 2. The van der Waals surface area contributed by atoms with E-state index in [-0.39, 0.29) is 24.3 Å². The van der Waals surface area contributed by atoms with Crippen LogP contribution in [0, 0.1) is 5.92 Å². The lowest BCUT2D eigenvalue weighted by Gasteiger charge is -2.09. The zero-order chi connectivity index (χ0) is 10.6. The van der Waals surface area contributed by atoms with Crippen LogP contribution >= 0.6 is 0 Å². The largest absolute Gasteiger partial charge is 0.370 e. The summed E-state index contributed by atoms with van der Waals surface area (Å²) in [6, 6.07) is 0.155. The zero-order valence-corrected chi connectivity index (χ0v) is 8.16. The summed E-state index contributed by atoms with van der Waals surface area (Å²) < 4.78 is 0. The molecule has 0 saturated heterocycles. The number of hydrogen-bond acceptors (Lipinski definition) is 3. The zero-order valence-electron chi connectivity index (χ0n) is 8.16. The molecule has 5 nitrogen and oxygen atoms in total. The minimum absolute atomic E-state index is 0.000741. The molecule has 1 aliphatic rings. The predicted octanol–water partition coefficient (Wildman–Crippen LogP) is -0.895. The highest BCUT2D eigenvalue weighted by atomic mass is 16.2. The molecule has 2 amide bonds. The lowest BCUT2D eigenvalue weighted by Crippen LogP contribution is -2.32. The van der Waals surface area contributed by atoms with E-state index in [1.807, 2.05) is 0 Å². The monoisotopic (exact) mass is 199 g/mol. The van der Waals surface area contributed by atoms with Crippen LogP contribution in [0.25, 0.3) is 0 Å². The average Bonchev–Trinajstić information content (AvgIpc) is 2.51. The molecule has 80 valence electrons. The Bertz CT molecular complexity index is 230. The standard InChI is InChI=1S/C9H17N3O2/c10-7-2-1-6(5-7)9(14)12-4-3-8(11)13/h6-7H,1-5,10H2,(H2,11,13)(H,12,14). The Morgan fingerprint density at radius 2 is 2.07 bits per heavy atom. The van der Waals surface area contributed by atoms with Crippen LogP contribution < -0.4 is 16.8 Å². The van der Waals surface area contributed by atoms with Crippen LogP contribution in [0.1, 0.15) is 25.7 Å². The van der Waals surface area contributed by atoms with E-state index < -0.39 is 5.91 Å². The van der Waals surface area contributed by atoms with Crippen molar-refractivity contribution < 1.29 is 9.59 Å². The smallest absolute Gasteiger partial charge is 0.223 e. The molecule has 0 aliphatic heterocycles. The summed E-state index contributed by atoms with van der Waals surface area (Å²) in [5.41, 5.74) is 10.6. The van der Waals surface area contributed by atoms with E-state index >= 15 is 0 Å². The lowest BCUT2D eigenvalue weighted by molar-refractivity contribution is -0.125. The van der Waals surface area contributed by atoms with E-state index in [0.717, 1.165) is 19.3 Å². The fourth-order valence-corrected chi connectivity index (χ4v) is 1.71. The van der Waals surface area contributed by atoms with Crippen molar-refractivity contribution in [2.45, 2.75) is 31.7 Å². The second-order valence-electron chi connectivity index (χ2n) is 3.78. The molecule has 0 spiro atoms. The van der Waals surface area contributed by atoms with E-state index in [9.17, 15) is 9.59 Å². The molecule has 0 aromatic heterocycles. The lowest BCUT2D eigenvalue weighted by atomic mass is 10.1. The van der Waals surface area contributed by atoms with Crippen LogP contribution in [0.5, 0.6) is 0 Å². The number of nitrogens with one attached hydrogen (secondary N) is 1. The summed E-state index contributed by atoms with van der Waals surface area (Å²) in [4.78, 5) is 21.9. The third-order valence-corrected chi connectivity index (χ3v) is 2.51. The maximum Gasteiger partial charge on any atom is 0.223 e. The van der Waals surface area contributed by atoms with Crippen molar-refractivity contribution >= 4 is 11.8 Å². The summed E-state index contributed by atoms with van der Waals surface area (Å²) in [6.07, 6.45) is 2.71. The van der Waals surface area contributed by atoms with Gasteiger partial charge in [-0.3, -0.25) is 9.59 Å². The number of carbonyl (C=O) groups excluding carboxylic acids is 2. The summed E-state index contributed by atoms with van der Waals surface area (Å²) in [5, 5.41) is 2.68. The predicted molar refractivity (Wildman–Crippen MR) is 52.1 cm³/mol. The van der Waals surface area contributed by atoms with Gasteiger partial charge in [-0.15, -0.1) is 0 Å². The fraction of sp³-hybridized carbons (Fsp3) is 0.778. The molecule has 1 fully saturated rings. The average molecular weight is 199 g/mol. The van der Waals surface area contributed by atoms with Crippen molar-refractivity contribution in [3.63, 3.8) is 0 Å². The van der Waals surface area contributed by atoms with Crippen molar-refractivity contribution in [2.24, 2.45) is 17.4 Å². The molecule has 0 bridgehead atoms. The van der Waals surface area contributed by atoms with Gasteiger partial charge < -0.3 is 16.8 Å². The molecule has 0 aromatic carbocycles. The van der Waals surface area contributed by atoms with Gasteiger partial charge in [0.05, 0.1) is 0 Å². The van der Waals surface area contributed by atoms with Gasteiger partial charge >= 0.3 is 0 Å². The van der Waals surface area contributed by atoms with Crippen LogP contribution in [0.15, 0.2) is 0 Å². The van der Waals surface area contributed by atoms with E-state index in [0.29, 0.717) is 6.54 Å². The summed E-state index contributed by atoms with van der Waals surface area (Å²) in [7, 11) is 0. The molecule has 1 rings (SSSR count). The molecule has 0 radical (unpaired) electrons. The SMILES string of the molecule is NC(=O)CCNC(=O)C1CCC(N)C1. The minimum atomic E-state index is -0.395. The third kappa shape index (κ3) is 3.33. The van der Waals surface area contributed by atoms with E-state index in [1.54, 1.807) is 0 Å². The van der Waals surface area contributed by atoms with Gasteiger partial charge in [-0.2, -0.15) is 0 Å². The van der Waals surface area contributed by atoms with Gasteiger partial charge in [-0.05, 0) is 19.3 Å². The molecule has 2 unspecified atom stereocenters. The van der Waals surface area contributed by atoms with Gasteiger partial charge in [0.1, 0.15) is 0 Å². The molecule has 1 aliphatic carbocycles. The Labute approximate surface area is 83.2 Å². The van der Waals surface area contributed by atoms with E-state index in [2.05, 4.69) is 5.32 Å². The molecule has 0 aromatic rings. The molecule has 5 heteroatoms. The Morgan fingerprint density at radius 3 is 2.57 bits per heavy atom. The van der Waals surface area contributed by atoms with E-state index in [1.165, 1.54) is 0 Å². The second-order valence-corrected chi connectivity index (χ2v) is 3.78. The van der Waals surface area contributed by atoms with Crippen molar-refractivity contribution in [3.05, 3.63) is 0 Å². The molecule has 1 saturated carbocycles. The van der Waals surface area contributed by atoms with E-state index in [4.69, 9.17) is 11.5 Å². The highest BCUT2D eigenvalue weighted by Gasteiger charge is 2.27. The Hall–Kier alpha value is -1.10. The van der Waals surface area contributed by atoms with Crippen molar-refractivity contribution in [3.8, 4) is 0 Å². The van der Waals surface area contributed by atoms with Crippen LogP contribution in [-0.4, -0.2) is 24.4 Å². The summed E-state index contributed by atoms with van der Waals surface area (Å²) in [5.74, 6) is -0.370. The first-order valence-corrected chi connectivity index (χ1v) is 4.91. The normalized spacial score (nSPS) is 26.1. The molecule has 0 heterocycles. The number of amides is 2. The second kappa shape index (κ2) is 4.95. The quantitative estimate of drug-likeness (QED) is 0.547. The van der Waals surface area contributed by atoms with Gasteiger partial charge in [0.2, 0.25) is 11.8 Å². The van der Waals surface area contributed by atoms with Crippen molar-refractivity contribution in [2.75, 3.05) is 6.54 Å². The Balaban J connectivity index is 2.18. The molecular formula is C9H17N3O2. The highest BCUT2D eigenvalue weighted by Crippen LogP contribution is 2.23. The summed E-state index contributed by atoms with van der Waals surface area (Å²) >= 11 is 0. The minimum Gasteiger partial charge on any atom is -0.370 e. The third-order valence-electron chi connectivity index (χ3n) is 2.51. The first kappa shape index (κ1) is 11.0. The molecular weight excluding hydrogens is 182 g/mol. The number of hydrogen-bond donors (Lipinski definition) is 3. The number of primary amides is 1. The number of rotatable bonds is 4. The first-order valence-electron chi connectivity index (χ1n) is 4.91. The van der Waals surface area contributed by atoms with Gasteiger partial charge in [-0.1, -0.05) is 0 Å². The molecule has 2 atom stereocenters. The molecule has 14 heavy (non-hydrogen) atoms. The van der Waals surface area contributed by atoms with Gasteiger partial charge in [0, 0.05) is 24.9 Å². The highest BCUT2D eigenvalue weighted by molar-refractivity contribution is 5.80. The van der Waals surface area contributed by atoms with Gasteiger partial charge in [-0.25, -0.2) is 0 Å². The van der Waals surface area contributed by atoms with Gasteiger partial charge in [0.15, 0.2) is 0 Å².